The van der Waals surface area contributed by atoms with E-state index in [-0.39, 0.29) is 23.4 Å². The molecule has 0 aliphatic heterocycles. The Balaban J connectivity index is 2.12. The monoisotopic (exact) mass is 382 g/mol. The van der Waals surface area contributed by atoms with E-state index in [2.05, 4.69) is 10.2 Å². The Morgan fingerprint density at radius 3 is 2.56 bits per heavy atom. The molecule has 1 aromatic carbocycles. The molecule has 5 nitrogen and oxygen atoms in total. The first-order valence-electron chi connectivity index (χ1n) is 8.33. The number of rotatable bonds is 5. The molecule has 144 valence electrons. The van der Waals surface area contributed by atoms with E-state index < -0.39 is 23.8 Å². The van der Waals surface area contributed by atoms with Crippen LogP contribution in [-0.4, -0.2) is 24.7 Å². The number of nitrogens with zero attached hydrogens (tertiary/aromatic N) is 4. The zero-order valence-corrected chi connectivity index (χ0v) is 14.7. The molecule has 0 amide bonds. The lowest BCUT2D eigenvalue weighted by Crippen LogP contribution is -2.09. The summed E-state index contributed by atoms with van der Waals surface area (Å²) in [5.41, 5.74) is 0.241. The van der Waals surface area contributed by atoms with E-state index in [1.54, 1.807) is 17.1 Å². The number of aliphatic hydroxyl groups is 1. The number of aliphatic hydroxyl groups excluding tert-OH is 1. The molecular weight excluding hydrogens is 364 g/mol. The number of halogens is 4. The second-order valence-corrected chi connectivity index (χ2v) is 6.18. The van der Waals surface area contributed by atoms with E-state index in [0.717, 1.165) is 18.2 Å². The van der Waals surface area contributed by atoms with Gasteiger partial charge in [0, 0.05) is 23.9 Å². The summed E-state index contributed by atoms with van der Waals surface area (Å²) in [5.74, 6) is -0.582. The number of benzene rings is 1. The van der Waals surface area contributed by atoms with E-state index in [1.165, 1.54) is 17.7 Å². The zero-order valence-electron chi connectivity index (χ0n) is 14.7. The van der Waals surface area contributed by atoms with Gasteiger partial charge in [-0.2, -0.15) is 23.4 Å². The standard InChI is InChI=1S/C18H18F4N4O/c1-3-25-9-12(8-23-25)10-26-16(7-17(24-26)18(20,21)22)14-5-4-13(19)6-15(14)11(2)27/h4-9,11,27H,3,10H2,1-2H3/t11-/m1/s1. The lowest BCUT2D eigenvalue weighted by atomic mass is 10.00. The average molecular weight is 382 g/mol. The molecule has 0 fully saturated rings. The second-order valence-electron chi connectivity index (χ2n) is 6.18. The topological polar surface area (TPSA) is 55.9 Å². The number of hydrogen-bond donors (Lipinski definition) is 1. The summed E-state index contributed by atoms with van der Waals surface area (Å²) >= 11 is 0. The van der Waals surface area contributed by atoms with Crippen LogP contribution in [0, 0.1) is 5.82 Å². The third kappa shape index (κ3) is 4.02. The molecule has 0 spiro atoms. The summed E-state index contributed by atoms with van der Waals surface area (Å²) in [4.78, 5) is 0. The van der Waals surface area contributed by atoms with Gasteiger partial charge in [-0.25, -0.2) is 4.39 Å². The number of hydrogen-bond acceptors (Lipinski definition) is 3. The highest BCUT2D eigenvalue weighted by Gasteiger charge is 2.35. The fraction of sp³-hybridized carbons (Fsp3) is 0.333. The van der Waals surface area contributed by atoms with Crippen molar-refractivity contribution in [3.8, 4) is 11.3 Å². The Morgan fingerprint density at radius 1 is 1.22 bits per heavy atom. The molecule has 9 heteroatoms. The second kappa shape index (κ2) is 7.15. The number of alkyl halides is 3. The van der Waals surface area contributed by atoms with Gasteiger partial charge >= 0.3 is 6.18 Å². The van der Waals surface area contributed by atoms with Crippen LogP contribution in [0.4, 0.5) is 17.6 Å². The Kier molecular flexibility index (Phi) is 5.05. The smallest absolute Gasteiger partial charge is 0.389 e. The van der Waals surface area contributed by atoms with Gasteiger partial charge in [0.25, 0.3) is 0 Å². The molecule has 1 N–H and O–H groups in total. The van der Waals surface area contributed by atoms with E-state index in [0.29, 0.717) is 12.1 Å². The molecule has 0 saturated carbocycles. The summed E-state index contributed by atoms with van der Waals surface area (Å²) in [6.07, 6.45) is -2.41. The average Bonchev–Trinajstić information content (AvgIpc) is 3.21. The number of aromatic nitrogens is 4. The first-order valence-corrected chi connectivity index (χ1v) is 8.33. The van der Waals surface area contributed by atoms with Crippen molar-refractivity contribution in [2.24, 2.45) is 0 Å². The molecule has 3 rings (SSSR count). The van der Waals surface area contributed by atoms with Gasteiger partial charge in [-0.3, -0.25) is 9.36 Å². The van der Waals surface area contributed by atoms with Gasteiger partial charge in [0.2, 0.25) is 0 Å². The Hall–Kier alpha value is -2.68. The fourth-order valence-electron chi connectivity index (χ4n) is 2.84. The molecule has 2 aromatic heterocycles. The summed E-state index contributed by atoms with van der Waals surface area (Å²) in [6, 6.07) is 4.50. The van der Waals surface area contributed by atoms with Crippen LogP contribution < -0.4 is 0 Å². The highest BCUT2D eigenvalue weighted by atomic mass is 19.4. The minimum absolute atomic E-state index is 0.0576. The predicted molar refractivity (Wildman–Crippen MR) is 90.3 cm³/mol. The first kappa shape index (κ1) is 19.1. The van der Waals surface area contributed by atoms with Crippen molar-refractivity contribution in [1.82, 2.24) is 19.6 Å². The Labute approximate surface area is 152 Å². The van der Waals surface area contributed by atoms with Gasteiger partial charge in [0.05, 0.1) is 24.5 Å². The highest BCUT2D eigenvalue weighted by Crippen LogP contribution is 2.35. The van der Waals surface area contributed by atoms with Gasteiger partial charge in [0.15, 0.2) is 5.69 Å². The maximum atomic E-state index is 13.6. The van der Waals surface area contributed by atoms with Crippen molar-refractivity contribution >= 4 is 0 Å². The molecule has 3 aromatic rings. The molecule has 0 radical (unpaired) electrons. The van der Waals surface area contributed by atoms with Crippen molar-refractivity contribution in [3.05, 3.63) is 59.3 Å². The first-order chi connectivity index (χ1) is 12.7. The van der Waals surface area contributed by atoms with E-state index >= 15 is 0 Å². The van der Waals surface area contributed by atoms with E-state index in [4.69, 9.17) is 0 Å². The molecular formula is C18H18F4N4O. The molecule has 1 atom stereocenters. The molecule has 0 bridgehead atoms. The summed E-state index contributed by atoms with van der Waals surface area (Å²) in [7, 11) is 0. The van der Waals surface area contributed by atoms with Crippen molar-refractivity contribution in [1.29, 1.82) is 0 Å². The lowest BCUT2D eigenvalue weighted by Gasteiger charge is -2.13. The van der Waals surface area contributed by atoms with Crippen LogP contribution in [0.5, 0.6) is 0 Å². The molecule has 0 aliphatic rings. The third-order valence-electron chi connectivity index (χ3n) is 4.15. The van der Waals surface area contributed by atoms with Gasteiger partial charge in [-0.1, -0.05) is 0 Å². The van der Waals surface area contributed by atoms with E-state index in [9.17, 15) is 22.7 Å². The van der Waals surface area contributed by atoms with Crippen LogP contribution >= 0.6 is 0 Å². The molecule has 2 heterocycles. The summed E-state index contributed by atoms with van der Waals surface area (Å²) in [6.45, 7) is 4.01. The van der Waals surface area contributed by atoms with Crippen LogP contribution in [-0.2, 0) is 19.3 Å². The highest BCUT2D eigenvalue weighted by molar-refractivity contribution is 5.65. The maximum absolute atomic E-state index is 13.6. The van der Waals surface area contributed by atoms with Crippen molar-refractivity contribution in [3.63, 3.8) is 0 Å². The minimum atomic E-state index is -4.63. The van der Waals surface area contributed by atoms with Crippen molar-refractivity contribution < 1.29 is 22.7 Å². The van der Waals surface area contributed by atoms with Gasteiger partial charge in [-0.15, -0.1) is 0 Å². The largest absolute Gasteiger partial charge is 0.435 e. The zero-order chi connectivity index (χ0) is 19.8. The van der Waals surface area contributed by atoms with Crippen LogP contribution in [0.15, 0.2) is 36.7 Å². The molecule has 27 heavy (non-hydrogen) atoms. The molecule has 0 unspecified atom stereocenters. The van der Waals surface area contributed by atoms with Gasteiger partial charge in [-0.05, 0) is 43.7 Å². The summed E-state index contributed by atoms with van der Waals surface area (Å²) < 4.78 is 56.1. The molecule has 0 aliphatic carbocycles. The Morgan fingerprint density at radius 2 is 1.96 bits per heavy atom. The normalized spacial score (nSPS) is 13.1. The quantitative estimate of drug-likeness (QED) is 0.678. The summed E-state index contributed by atoms with van der Waals surface area (Å²) in [5, 5.41) is 17.7. The van der Waals surface area contributed by atoms with Crippen molar-refractivity contribution in [2.45, 2.75) is 39.2 Å². The third-order valence-corrected chi connectivity index (χ3v) is 4.15. The van der Waals surface area contributed by atoms with E-state index in [1.807, 2.05) is 6.92 Å². The lowest BCUT2D eigenvalue weighted by molar-refractivity contribution is -0.141. The Bertz CT molecular complexity index is 943. The van der Waals surface area contributed by atoms with Crippen LogP contribution in [0.3, 0.4) is 0 Å². The fourth-order valence-corrected chi connectivity index (χ4v) is 2.84. The SMILES string of the molecule is CCn1cc(Cn2nc(C(F)(F)F)cc2-c2ccc(F)cc2[C@@H](C)O)cn1. The van der Waals surface area contributed by atoms with Crippen LogP contribution in [0.25, 0.3) is 11.3 Å². The van der Waals surface area contributed by atoms with Gasteiger partial charge in [0.1, 0.15) is 5.82 Å². The molecule has 0 saturated heterocycles. The van der Waals surface area contributed by atoms with Crippen molar-refractivity contribution in [2.75, 3.05) is 0 Å². The van der Waals surface area contributed by atoms with Crippen LogP contribution in [0.2, 0.25) is 0 Å². The predicted octanol–water partition coefficient (Wildman–Crippen LogP) is 4.03. The number of aryl methyl sites for hydroxylation is 1. The maximum Gasteiger partial charge on any atom is 0.435 e. The van der Waals surface area contributed by atoms with Gasteiger partial charge < -0.3 is 5.11 Å². The minimum Gasteiger partial charge on any atom is -0.389 e. The van der Waals surface area contributed by atoms with Crippen LogP contribution in [0.1, 0.15) is 36.8 Å².